The molecule has 0 aliphatic rings. The van der Waals surface area contributed by atoms with Gasteiger partial charge in [0.2, 0.25) is 0 Å². The molecule has 2 heterocycles. The Morgan fingerprint density at radius 1 is 1.52 bits per heavy atom. The fourth-order valence-electron chi connectivity index (χ4n) is 1.88. The van der Waals surface area contributed by atoms with Crippen LogP contribution in [0.1, 0.15) is 19.0 Å². The molecular formula is C13H17N5O2S. The molecule has 112 valence electrons. The number of carbonyl (C=O) groups is 1. The van der Waals surface area contributed by atoms with E-state index in [-0.39, 0.29) is 18.7 Å². The van der Waals surface area contributed by atoms with E-state index in [1.165, 1.54) is 6.20 Å². The third-order valence-corrected chi connectivity index (χ3v) is 3.61. The van der Waals surface area contributed by atoms with Gasteiger partial charge in [-0.25, -0.2) is 4.79 Å². The predicted molar refractivity (Wildman–Crippen MR) is 79.9 cm³/mol. The lowest BCUT2D eigenvalue weighted by Gasteiger charge is -2.29. The monoisotopic (exact) mass is 307 g/mol. The second kappa shape index (κ2) is 7.65. The van der Waals surface area contributed by atoms with Gasteiger partial charge >= 0.3 is 6.03 Å². The Hall–Kier alpha value is -2.06. The summed E-state index contributed by atoms with van der Waals surface area (Å²) in [7, 11) is 0. The lowest BCUT2D eigenvalue weighted by Crippen LogP contribution is -2.44. The first-order valence-electron chi connectivity index (χ1n) is 6.60. The van der Waals surface area contributed by atoms with E-state index in [0.29, 0.717) is 18.0 Å². The highest BCUT2D eigenvalue weighted by Crippen LogP contribution is 2.15. The molecule has 0 fully saturated rings. The lowest BCUT2D eigenvalue weighted by atomic mass is 10.2. The normalized spacial score (nSPS) is 11.9. The van der Waals surface area contributed by atoms with E-state index in [9.17, 15) is 9.90 Å². The molecule has 0 aromatic carbocycles. The van der Waals surface area contributed by atoms with Gasteiger partial charge in [-0.05, 0) is 18.6 Å². The molecule has 0 bridgehead atoms. The number of pyridine rings is 1. The summed E-state index contributed by atoms with van der Waals surface area (Å²) in [5.74, 6) is 0. The van der Waals surface area contributed by atoms with Crippen LogP contribution < -0.4 is 5.32 Å². The standard InChI is InChI=1S/C13H17N5O2S/c1-2-11(9-19)18(8-10-5-3-4-6-14-10)13(20)16-12-7-15-17-21-12/h3-7,11,19H,2,8-9H2,1H3,(H,16,20)/t11-/m0/s1. The van der Waals surface area contributed by atoms with Gasteiger partial charge in [-0.15, -0.1) is 5.10 Å². The van der Waals surface area contributed by atoms with E-state index in [4.69, 9.17) is 0 Å². The minimum atomic E-state index is -0.299. The summed E-state index contributed by atoms with van der Waals surface area (Å²) < 4.78 is 3.70. The Balaban J connectivity index is 2.13. The van der Waals surface area contributed by atoms with E-state index >= 15 is 0 Å². The van der Waals surface area contributed by atoms with Crippen molar-refractivity contribution >= 4 is 22.6 Å². The fourth-order valence-corrected chi connectivity index (χ4v) is 2.29. The number of amides is 2. The van der Waals surface area contributed by atoms with E-state index in [1.807, 2.05) is 25.1 Å². The molecule has 7 nitrogen and oxygen atoms in total. The zero-order valence-electron chi connectivity index (χ0n) is 11.6. The smallest absolute Gasteiger partial charge is 0.323 e. The van der Waals surface area contributed by atoms with Crippen LogP contribution in [0.15, 0.2) is 30.6 Å². The van der Waals surface area contributed by atoms with Crippen LogP contribution in [-0.4, -0.2) is 43.3 Å². The van der Waals surface area contributed by atoms with Crippen molar-refractivity contribution in [3.8, 4) is 0 Å². The van der Waals surface area contributed by atoms with E-state index in [2.05, 4.69) is 19.9 Å². The van der Waals surface area contributed by atoms with Gasteiger partial charge in [0.05, 0.1) is 31.1 Å². The molecule has 0 unspecified atom stereocenters. The zero-order chi connectivity index (χ0) is 15.1. The van der Waals surface area contributed by atoms with Gasteiger partial charge in [-0.2, -0.15) is 0 Å². The van der Waals surface area contributed by atoms with Crippen molar-refractivity contribution in [2.75, 3.05) is 11.9 Å². The third-order valence-electron chi connectivity index (χ3n) is 3.03. The SMILES string of the molecule is CC[C@@H](CO)N(Cc1ccccn1)C(=O)Nc1cnns1. The molecule has 2 amide bonds. The summed E-state index contributed by atoms with van der Waals surface area (Å²) in [4.78, 5) is 18.2. The summed E-state index contributed by atoms with van der Waals surface area (Å²) in [5, 5.41) is 16.5. The molecular weight excluding hydrogens is 290 g/mol. The minimum absolute atomic E-state index is 0.0995. The molecule has 8 heteroatoms. The molecule has 0 aliphatic carbocycles. The number of rotatable bonds is 6. The average Bonchev–Trinajstić information content (AvgIpc) is 3.01. The molecule has 2 aromatic rings. The molecule has 0 aliphatic heterocycles. The Bertz CT molecular complexity index is 545. The van der Waals surface area contributed by atoms with Crippen molar-refractivity contribution in [1.29, 1.82) is 0 Å². The summed E-state index contributed by atoms with van der Waals surface area (Å²) in [6.45, 7) is 2.16. The molecule has 0 spiro atoms. The maximum absolute atomic E-state index is 12.4. The number of hydrogen-bond acceptors (Lipinski definition) is 6. The number of nitrogens with zero attached hydrogens (tertiary/aromatic N) is 4. The van der Waals surface area contributed by atoms with Crippen molar-refractivity contribution in [3.05, 3.63) is 36.3 Å². The van der Waals surface area contributed by atoms with Crippen LogP contribution >= 0.6 is 11.5 Å². The van der Waals surface area contributed by atoms with Crippen LogP contribution in [0.4, 0.5) is 9.80 Å². The quantitative estimate of drug-likeness (QED) is 0.848. The van der Waals surface area contributed by atoms with Gasteiger partial charge in [-0.3, -0.25) is 10.3 Å². The first-order chi connectivity index (χ1) is 10.2. The topological polar surface area (TPSA) is 91.2 Å². The highest BCUT2D eigenvalue weighted by molar-refractivity contribution is 7.10. The Morgan fingerprint density at radius 2 is 2.38 bits per heavy atom. The van der Waals surface area contributed by atoms with Gasteiger partial charge in [0.15, 0.2) is 0 Å². The van der Waals surface area contributed by atoms with Gasteiger partial charge in [-0.1, -0.05) is 17.5 Å². The Labute approximate surface area is 126 Å². The van der Waals surface area contributed by atoms with Crippen LogP contribution in [-0.2, 0) is 6.54 Å². The van der Waals surface area contributed by atoms with Crippen LogP contribution in [0.25, 0.3) is 0 Å². The molecule has 21 heavy (non-hydrogen) atoms. The van der Waals surface area contributed by atoms with Crippen LogP contribution in [0.5, 0.6) is 0 Å². The predicted octanol–water partition coefficient (Wildman–Crippen LogP) is 1.74. The third kappa shape index (κ3) is 4.20. The largest absolute Gasteiger partial charge is 0.394 e. The van der Waals surface area contributed by atoms with E-state index in [1.54, 1.807) is 11.1 Å². The number of anilines is 1. The Kier molecular flexibility index (Phi) is 5.59. The van der Waals surface area contributed by atoms with Crippen LogP contribution in [0, 0.1) is 0 Å². The highest BCUT2D eigenvalue weighted by atomic mass is 32.1. The molecule has 2 aromatic heterocycles. The molecule has 0 saturated heterocycles. The first kappa shape index (κ1) is 15.3. The highest BCUT2D eigenvalue weighted by Gasteiger charge is 2.23. The van der Waals surface area contributed by atoms with Crippen molar-refractivity contribution in [1.82, 2.24) is 19.5 Å². The second-order valence-corrected chi connectivity index (χ2v) is 5.19. The lowest BCUT2D eigenvalue weighted by molar-refractivity contribution is 0.133. The van der Waals surface area contributed by atoms with Crippen molar-refractivity contribution in [2.24, 2.45) is 0 Å². The summed E-state index contributed by atoms with van der Waals surface area (Å²) in [6, 6.07) is 4.96. The average molecular weight is 307 g/mol. The van der Waals surface area contributed by atoms with Gasteiger partial charge < -0.3 is 10.0 Å². The number of carbonyl (C=O) groups excluding carboxylic acids is 1. The molecule has 0 radical (unpaired) electrons. The molecule has 1 atom stereocenters. The van der Waals surface area contributed by atoms with Crippen molar-refractivity contribution in [3.63, 3.8) is 0 Å². The van der Waals surface area contributed by atoms with Gasteiger partial charge in [0.25, 0.3) is 0 Å². The molecule has 0 saturated carbocycles. The van der Waals surface area contributed by atoms with E-state index in [0.717, 1.165) is 17.2 Å². The second-order valence-electron chi connectivity index (χ2n) is 4.41. The maximum atomic E-state index is 12.4. The summed E-state index contributed by atoms with van der Waals surface area (Å²) >= 11 is 1.10. The first-order valence-corrected chi connectivity index (χ1v) is 7.37. The number of nitrogens with one attached hydrogen (secondary N) is 1. The summed E-state index contributed by atoms with van der Waals surface area (Å²) in [6.07, 6.45) is 3.82. The zero-order valence-corrected chi connectivity index (χ0v) is 12.5. The van der Waals surface area contributed by atoms with Gasteiger partial charge in [0, 0.05) is 17.7 Å². The van der Waals surface area contributed by atoms with E-state index < -0.39 is 0 Å². The number of hydrogen-bond donors (Lipinski definition) is 2. The molecule has 2 rings (SSSR count). The minimum Gasteiger partial charge on any atom is -0.394 e. The van der Waals surface area contributed by atoms with Crippen LogP contribution in [0.2, 0.25) is 0 Å². The number of urea groups is 1. The molecule has 2 N–H and O–H groups in total. The number of aromatic nitrogens is 3. The van der Waals surface area contributed by atoms with Crippen molar-refractivity contribution < 1.29 is 9.90 Å². The number of aliphatic hydroxyl groups excluding tert-OH is 1. The summed E-state index contributed by atoms with van der Waals surface area (Å²) in [5.41, 5.74) is 0.766. The van der Waals surface area contributed by atoms with Crippen LogP contribution in [0.3, 0.4) is 0 Å². The van der Waals surface area contributed by atoms with Crippen molar-refractivity contribution in [2.45, 2.75) is 25.9 Å². The fraction of sp³-hybridized carbons (Fsp3) is 0.385. The maximum Gasteiger partial charge on any atom is 0.323 e. The Morgan fingerprint density at radius 3 is 2.95 bits per heavy atom. The number of aliphatic hydroxyl groups is 1. The van der Waals surface area contributed by atoms with Gasteiger partial charge in [0.1, 0.15) is 5.00 Å².